The number of carbonyl (C=O) groups excluding carboxylic acids is 4. The number of carbonyl (C=O) groups is 4. The molecule has 0 aromatic carbocycles. The van der Waals surface area contributed by atoms with Gasteiger partial charge in [0, 0.05) is 5.54 Å². The average Bonchev–Trinajstić information content (AvgIpc) is 3.19. The molecule has 1 aliphatic heterocycles. The minimum Gasteiger partial charge on any atom is -0.454 e. The van der Waals surface area contributed by atoms with Crippen molar-refractivity contribution >= 4 is 23.8 Å². The predicted octanol–water partition coefficient (Wildman–Crippen LogP) is 1.48. The van der Waals surface area contributed by atoms with Gasteiger partial charge < -0.3 is 15.4 Å². The molecule has 29 heavy (non-hydrogen) atoms. The van der Waals surface area contributed by atoms with Crippen molar-refractivity contribution in [2.45, 2.75) is 75.3 Å². The van der Waals surface area contributed by atoms with Crippen molar-refractivity contribution in [3.05, 3.63) is 0 Å². The summed E-state index contributed by atoms with van der Waals surface area (Å²) in [7, 11) is 0. The van der Waals surface area contributed by atoms with Gasteiger partial charge in [0.2, 0.25) is 0 Å². The van der Waals surface area contributed by atoms with Crippen molar-refractivity contribution in [2.75, 3.05) is 13.2 Å². The van der Waals surface area contributed by atoms with Gasteiger partial charge in [-0.1, -0.05) is 12.8 Å². The molecule has 5 saturated carbocycles. The van der Waals surface area contributed by atoms with Gasteiger partial charge in [-0.05, 0) is 69.1 Å². The fourth-order valence-electron chi connectivity index (χ4n) is 7.05. The van der Waals surface area contributed by atoms with Gasteiger partial charge in [-0.3, -0.25) is 19.3 Å². The van der Waals surface area contributed by atoms with E-state index in [2.05, 4.69) is 10.6 Å². The molecule has 0 radical (unpaired) electrons. The third-order valence-electron chi connectivity index (χ3n) is 7.80. The average molecular weight is 403 g/mol. The molecule has 6 aliphatic rings. The summed E-state index contributed by atoms with van der Waals surface area (Å²) in [6.07, 6.45) is 9.94. The highest BCUT2D eigenvalue weighted by Gasteiger charge is 2.53. The molecular weight excluding hydrogens is 374 g/mol. The largest absolute Gasteiger partial charge is 0.454 e. The third-order valence-corrected chi connectivity index (χ3v) is 7.80. The van der Waals surface area contributed by atoms with E-state index in [1.807, 2.05) is 0 Å². The first-order valence-corrected chi connectivity index (χ1v) is 11.0. The smallest absolute Gasteiger partial charge is 0.326 e. The summed E-state index contributed by atoms with van der Waals surface area (Å²) >= 11 is 0. The van der Waals surface area contributed by atoms with E-state index in [9.17, 15) is 19.2 Å². The quantitative estimate of drug-likeness (QED) is 0.534. The van der Waals surface area contributed by atoms with Crippen LogP contribution < -0.4 is 10.6 Å². The van der Waals surface area contributed by atoms with Gasteiger partial charge in [0.15, 0.2) is 6.61 Å². The van der Waals surface area contributed by atoms with Crippen molar-refractivity contribution in [3.8, 4) is 0 Å². The molecule has 5 aliphatic carbocycles. The second kappa shape index (κ2) is 6.71. The number of ether oxygens (including phenoxy) is 1. The summed E-state index contributed by atoms with van der Waals surface area (Å²) in [5, 5.41) is 5.89. The van der Waals surface area contributed by atoms with E-state index in [4.69, 9.17) is 4.74 Å². The van der Waals surface area contributed by atoms with E-state index < -0.39 is 24.1 Å². The number of amides is 4. The van der Waals surface area contributed by atoms with Gasteiger partial charge in [-0.2, -0.15) is 0 Å². The first-order chi connectivity index (χ1) is 13.9. The Balaban J connectivity index is 1.12. The summed E-state index contributed by atoms with van der Waals surface area (Å²) in [4.78, 5) is 50.3. The molecule has 6 rings (SSSR count). The number of hydrogen-bond acceptors (Lipinski definition) is 5. The molecule has 0 unspecified atom stereocenters. The van der Waals surface area contributed by atoms with E-state index in [0.29, 0.717) is 30.6 Å². The molecule has 1 heterocycles. The minimum atomic E-state index is -0.840. The monoisotopic (exact) mass is 403 g/mol. The Hall–Kier alpha value is -2.12. The summed E-state index contributed by atoms with van der Waals surface area (Å²) in [6.45, 7) is -0.813. The second-order valence-corrected chi connectivity index (χ2v) is 10.0. The molecule has 4 bridgehead atoms. The molecule has 1 saturated heterocycles. The first-order valence-electron chi connectivity index (χ1n) is 11.0. The lowest BCUT2D eigenvalue weighted by molar-refractivity contribution is -0.152. The summed E-state index contributed by atoms with van der Waals surface area (Å²) in [5.74, 6) is 0.772. The molecule has 2 N–H and O–H groups in total. The highest BCUT2D eigenvalue weighted by atomic mass is 16.5. The van der Waals surface area contributed by atoms with Crippen molar-refractivity contribution in [1.29, 1.82) is 0 Å². The molecule has 158 valence electrons. The highest BCUT2D eigenvalue weighted by Crippen LogP contribution is 2.55. The number of nitrogens with one attached hydrogen (secondary N) is 2. The number of imide groups is 1. The van der Waals surface area contributed by atoms with Crippen LogP contribution in [0, 0.1) is 17.8 Å². The van der Waals surface area contributed by atoms with Gasteiger partial charge in [-0.25, -0.2) is 4.79 Å². The van der Waals surface area contributed by atoms with Gasteiger partial charge >= 0.3 is 12.0 Å². The number of rotatable bonds is 5. The number of hydrogen-bond donors (Lipinski definition) is 2. The standard InChI is InChI=1S/C21H29N3O5/c25-16(22-20-8-13-5-14(9-20)7-15(6-13)10-20)12-29-17(26)11-24-18(27)21(23-19(24)28)3-1-2-4-21/h13-15H,1-12H2,(H,22,25)(H,23,28). The van der Waals surface area contributed by atoms with Gasteiger partial charge in [0.05, 0.1) is 0 Å². The fourth-order valence-corrected chi connectivity index (χ4v) is 7.05. The lowest BCUT2D eigenvalue weighted by Crippen LogP contribution is -2.60. The van der Waals surface area contributed by atoms with Gasteiger partial charge in [-0.15, -0.1) is 0 Å². The molecule has 4 amide bonds. The number of esters is 1. The molecule has 8 nitrogen and oxygen atoms in total. The molecule has 8 heteroatoms. The Labute approximate surface area is 170 Å². The molecular formula is C21H29N3O5. The third kappa shape index (κ3) is 3.30. The minimum absolute atomic E-state index is 0.127. The molecule has 6 fully saturated rings. The Bertz CT molecular complexity index is 722. The molecule has 1 spiro atoms. The zero-order valence-corrected chi connectivity index (χ0v) is 16.7. The molecule has 0 aromatic rings. The van der Waals surface area contributed by atoms with E-state index in [-0.39, 0.29) is 24.0 Å². The summed E-state index contributed by atoms with van der Waals surface area (Å²) in [6, 6.07) is -0.549. The van der Waals surface area contributed by atoms with E-state index in [1.165, 1.54) is 19.3 Å². The Kier molecular flexibility index (Phi) is 4.37. The van der Waals surface area contributed by atoms with Crippen LogP contribution in [-0.4, -0.2) is 52.9 Å². The first kappa shape index (κ1) is 18.9. The Morgan fingerprint density at radius 3 is 2.21 bits per heavy atom. The van der Waals surface area contributed by atoms with Crippen molar-refractivity contribution in [1.82, 2.24) is 15.5 Å². The zero-order chi connectivity index (χ0) is 20.2. The van der Waals surface area contributed by atoms with Crippen molar-refractivity contribution in [3.63, 3.8) is 0 Å². The Morgan fingerprint density at radius 1 is 1.03 bits per heavy atom. The van der Waals surface area contributed by atoms with Crippen LogP contribution in [0.25, 0.3) is 0 Å². The zero-order valence-electron chi connectivity index (χ0n) is 16.7. The van der Waals surface area contributed by atoms with Gasteiger partial charge in [0.1, 0.15) is 12.1 Å². The molecule has 0 aromatic heterocycles. The lowest BCUT2D eigenvalue weighted by Gasteiger charge is -2.56. The summed E-state index contributed by atoms with van der Waals surface area (Å²) in [5.41, 5.74) is -0.967. The highest BCUT2D eigenvalue weighted by molar-refractivity contribution is 6.08. The maximum absolute atomic E-state index is 12.6. The Morgan fingerprint density at radius 2 is 1.62 bits per heavy atom. The lowest BCUT2D eigenvalue weighted by atomic mass is 9.53. The van der Waals surface area contributed by atoms with Crippen molar-refractivity contribution in [2.24, 2.45) is 17.8 Å². The predicted molar refractivity (Wildman–Crippen MR) is 101 cm³/mol. The molecule has 0 atom stereocenters. The van der Waals surface area contributed by atoms with Gasteiger partial charge in [0.25, 0.3) is 11.8 Å². The normalized spacial score (nSPS) is 36.6. The maximum atomic E-state index is 12.6. The van der Waals surface area contributed by atoms with Crippen LogP contribution in [0.5, 0.6) is 0 Å². The van der Waals surface area contributed by atoms with E-state index >= 15 is 0 Å². The van der Waals surface area contributed by atoms with Crippen LogP contribution in [0.4, 0.5) is 4.79 Å². The second-order valence-electron chi connectivity index (χ2n) is 10.0. The van der Waals surface area contributed by atoms with Crippen molar-refractivity contribution < 1.29 is 23.9 Å². The topological polar surface area (TPSA) is 105 Å². The van der Waals surface area contributed by atoms with Crippen LogP contribution in [0.15, 0.2) is 0 Å². The van der Waals surface area contributed by atoms with Crippen LogP contribution in [0.1, 0.15) is 64.2 Å². The van der Waals surface area contributed by atoms with Crippen LogP contribution in [0.3, 0.4) is 0 Å². The van der Waals surface area contributed by atoms with E-state index in [1.54, 1.807) is 0 Å². The van der Waals surface area contributed by atoms with Crippen LogP contribution in [-0.2, 0) is 19.1 Å². The SMILES string of the molecule is O=C(COC(=O)CN1C(=O)NC2(CCCC2)C1=O)NC12CC3CC(CC(C3)C1)C2. The van der Waals surface area contributed by atoms with E-state index in [0.717, 1.165) is 37.0 Å². The van der Waals surface area contributed by atoms with Crippen LogP contribution in [0.2, 0.25) is 0 Å². The number of nitrogens with zero attached hydrogens (tertiary/aromatic N) is 1. The summed E-state index contributed by atoms with van der Waals surface area (Å²) < 4.78 is 5.10. The van der Waals surface area contributed by atoms with Crippen LogP contribution >= 0.6 is 0 Å². The fraction of sp³-hybridized carbons (Fsp3) is 0.810. The maximum Gasteiger partial charge on any atom is 0.326 e. The number of urea groups is 1.